The summed E-state index contributed by atoms with van der Waals surface area (Å²) in [6, 6.07) is 11.3. The predicted octanol–water partition coefficient (Wildman–Crippen LogP) is 2.52. The minimum Gasteiger partial charge on any atom is -0.487 e. The van der Waals surface area contributed by atoms with E-state index in [1.165, 1.54) is 48.5 Å². The van der Waals surface area contributed by atoms with Crippen molar-refractivity contribution >= 4 is 33.5 Å². The third kappa shape index (κ3) is 10.3. The van der Waals surface area contributed by atoms with E-state index >= 15 is 0 Å². The molecule has 1 heterocycles. The van der Waals surface area contributed by atoms with Crippen LogP contribution < -0.4 is 19.9 Å². The van der Waals surface area contributed by atoms with Crippen molar-refractivity contribution in [1.82, 2.24) is 10.6 Å². The summed E-state index contributed by atoms with van der Waals surface area (Å²) in [5, 5.41) is 34.3. The fourth-order valence-corrected chi connectivity index (χ4v) is 4.94. The second-order valence-corrected chi connectivity index (χ2v) is 10.8. The number of hydrogen-bond acceptors (Lipinski definition) is 13. The van der Waals surface area contributed by atoms with Crippen LogP contribution in [0, 0.1) is 27.2 Å². The smallest absolute Gasteiger partial charge is 0.415 e. The summed E-state index contributed by atoms with van der Waals surface area (Å²) in [5.74, 6) is 3.19. The first-order chi connectivity index (χ1) is 21.6. The number of nitrogens with one attached hydrogen (secondary N) is 1. The van der Waals surface area contributed by atoms with Crippen molar-refractivity contribution in [3.63, 3.8) is 0 Å². The van der Waals surface area contributed by atoms with Crippen LogP contribution in [0.3, 0.4) is 0 Å². The number of carbonyl (C=O) groups excluding carboxylic acids is 2. The highest BCUT2D eigenvalue weighted by Gasteiger charge is 2.35. The van der Waals surface area contributed by atoms with E-state index in [9.17, 15) is 33.3 Å². The zero-order valence-corrected chi connectivity index (χ0v) is 24.4. The van der Waals surface area contributed by atoms with Crippen molar-refractivity contribution in [2.24, 2.45) is 0 Å². The van der Waals surface area contributed by atoms with Crippen LogP contribution in [0.1, 0.15) is 37.7 Å². The Balaban J connectivity index is 1.45. The Hall–Kier alpha value is -5.47. The number of unbranched alkanes of at least 4 members (excludes halogenated alkanes) is 3. The van der Waals surface area contributed by atoms with Gasteiger partial charge in [-0.25, -0.2) is 18.7 Å². The van der Waals surface area contributed by atoms with Gasteiger partial charge in [-0.15, -0.1) is 0 Å². The van der Waals surface area contributed by atoms with Gasteiger partial charge in [0, 0.05) is 18.6 Å². The van der Waals surface area contributed by atoms with E-state index in [1.807, 2.05) is 0 Å². The number of hydroxylamine groups is 1. The van der Waals surface area contributed by atoms with Crippen molar-refractivity contribution in [3.05, 3.63) is 75.5 Å². The van der Waals surface area contributed by atoms with Crippen LogP contribution in [0.2, 0.25) is 0 Å². The Morgan fingerprint density at radius 1 is 1.07 bits per heavy atom. The molecule has 0 unspecified atom stereocenters. The van der Waals surface area contributed by atoms with E-state index in [0.717, 1.165) is 18.9 Å². The van der Waals surface area contributed by atoms with E-state index in [1.54, 1.807) is 11.5 Å². The quantitative estimate of drug-likeness (QED) is 0.0335. The number of hydrogen-bond donors (Lipinski definition) is 2. The summed E-state index contributed by atoms with van der Waals surface area (Å²) in [6.45, 7) is -0.534. The first-order valence-electron chi connectivity index (χ1n) is 13.3. The van der Waals surface area contributed by atoms with Gasteiger partial charge in [-0.2, -0.15) is 0 Å². The molecule has 0 spiro atoms. The molecule has 0 fully saturated rings. The molecule has 45 heavy (non-hydrogen) atoms. The van der Waals surface area contributed by atoms with Gasteiger partial charge in [0.1, 0.15) is 0 Å². The van der Waals surface area contributed by atoms with E-state index in [0.29, 0.717) is 18.4 Å². The summed E-state index contributed by atoms with van der Waals surface area (Å²) < 4.78 is 45.5. The molecule has 1 aromatic heterocycles. The summed E-state index contributed by atoms with van der Waals surface area (Å²) in [4.78, 5) is 33.4. The summed E-state index contributed by atoms with van der Waals surface area (Å²) in [5.41, 5.74) is 1.62. The largest absolute Gasteiger partial charge is 0.487 e. The molecule has 0 aliphatic heterocycles. The lowest BCUT2D eigenvalue weighted by atomic mass is 10.1. The molecule has 16 nitrogen and oxygen atoms in total. The molecule has 17 heteroatoms. The van der Waals surface area contributed by atoms with Gasteiger partial charge >= 0.3 is 22.6 Å². The average molecular weight is 645 g/mol. The van der Waals surface area contributed by atoms with Crippen LogP contribution in [0.5, 0.6) is 11.6 Å². The number of sulfone groups is 1. The lowest BCUT2D eigenvalue weighted by molar-refractivity contribution is -0.832. The van der Waals surface area contributed by atoms with Gasteiger partial charge in [-0.05, 0) is 47.6 Å². The van der Waals surface area contributed by atoms with Crippen LogP contribution in [0.15, 0.2) is 69.2 Å². The number of aromatic nitrogens is 2. The highest BCUT2D eigenvalue weighted by Crippen LogP contribution is 2.29. The maximum absolute atomic E-state index is 12.7. The maximum Gasteiger partial charge on any atom is 0.415 e. The molecule has 0 saturated heterocycles. The van der Waals surface area contributed by atoms with Crippen molar-refractivity contribution in [3.8, 4) is 23.5 Å². The molecule has 238 valence electrons. The van der Waals surface area contributed by atoms with Gasteiger partial charge in [0.05, 0.1) is 21.6 Å². The number of carbonyl (C=O) groups is 2. The summed E-state index contributed by atoms with van der Waals surface area (Å²) in [7, 11) is -4.28. The second kappa shape index (κ2) is 17.0. The minimum atomic E-state index is -4.28. The average Bonchev–Trinajstić information content (AvgIpc) is 3.42. The molecule has 0 aliphatic rings. The lowest BCUT2D eigenvalue weighted by Crippen LogP contribution is -2.30. The summed E-state index contributed by atoms with van der Waals surface area (Å²) in [6.07, 6.45) is 5.23. The Morgan fingerprint density at radius 3 is 2.53 bits per heavy atom. The Kier molecular flexibility index (Phi) is 12.8. The molecule has 2 aromatic carbocycles. The summed E-state index contributed by atoms with van der Waals surface area (Å²) >= 11 is 0. The van der Waals surface area contributed by atoms with Gasteiger partial charge in [0.15, 0.2) is 19.0 Å². The van der Waals surface area contributed by atoms with Crippen molar-refractivity contribution < 1.29 is 51.9 Å². The van der Waals surface area contributed by atoms with E-state index in [4.69, 9.17) is 19.4 Å². The number of ether oxygens (including phenoxy) is 3. The molecule has 0 bridgehead atoms. The lowest BCUT2D eigenvalue weighted by Gasteiger charge is -2.07. The molecule has 3 rings (SSSR count). The van der Waals surface area contributed by atoms with Gasteiger partial charge in [0.25, 0.3) is 9.84 Å². The van der Waals surface area contributed by atoms with Crippen LogP contribution in [0.4, 0.5) is 5.69 Å². The standard InChI is InChI=1S/C28H28N4O12S/c33-25(29-35)12-6-1-2-7-17-41-24-15-13-21(20-23(24)31(36)37)14-16-26(34)42-18-8-9-19-43-27-28(32(38)44-30-27)45(39,40)22-10-4-3-5-11-22/h3-5,10-11,13-16,20,35H,1-2,6-7,12,17-19H2,(H,29,33). The number of nitrogens with zero attached hydrogens (tertiary/aromatic N) is 3. The molecule has 0 atom stereocenters. The van der Waals surface area contributed by atoms with Crippen molar-refractivity contribution in [1.29, 1.82) is 0 Å². The fourth-order valence-electron chi connectivity index (χ4n) is 3.65. The maximum atomic E-state index is 12.7. The van der Waals surface area contributed by atoms with Crippen molar-refractivity contribution in [2.75, 3.05) is 19.8 Å². The monoisotopic (exact) mass is 644 g/mol. The van der Waals surface area contributed by atoms with E-state index in [-0.39, 0.29) is 40.9 Å². The topological polar surface area (TPSA) is 224 Å². The van der Waals surface area contributed by atoms with Crippen LogP contribution >= 0.6 is 0 Å². The zero-order chi connectivity index (χ0) is 32.7. The predicted molar refractivity (Wildman–Crippen MR) is 152 cm³/mol. The highest BCUT2D eigenvalue weighted by molar-refractivity contribution is 7.91. The number of amides is 1. The van der Waals surface area contributed by atoms with Gasteiger partial charge in [0.2, 0.25) is 5.91 Å². The van der Waals surface area contributed by atoms with Crippen LogP contribution in [0.25, 0.3) is 6.08 Å². The minimum absolute atomic E-state index is 0.0670. The second-order valence-electron chi connectivity index (χ2n) is 8.97. The fraction of sp³-hybridized carbons (Fsp3) is 0.286. The molecule has 1 amide bonds. The number of rotatable bonds is 16. The third-order valence-electron chi connectivity index (χ3n) is 5.82. The van der Waals surface area contributed by atoms with Crippen LogP contribution in [-0.2, 0) is 24.2 Å². The van der Waals surface area contributed by atoms with Gasteiger partial charge < -0.3 is 19.4 Å². The molecular formula is C28H28N4O12S. The number of esters is 1. The molecule has 2 N–H and O–H groups in total. The number of nitro benzene ring substituents is 1. The SMILES string of the molecule is O=C(CCCCCCOc1ccc(C=CC(=O)OCC#CCOc2no[n+]([O-])c2S(=O)(=O)c2ccccc2)cc1[N+](=O)[O-])NO. The first-order valence-corrected chi connectivity index (χ1v) is 14.8. The normalized spacial score (nSPS) is 11.0. The molecular weight excluding hydrogens is 616 g/mol. The molecule has 0 radical (unpaired) electrons. The Bertz CT molecular complexity index is 1680. The highest BCUT2D eigenvalue weighted by atomic mass is 32.2. The molecule has 0 saturated carbocycles. The molecule has 0 aliphatic carbocycles. The molecule has 3 aromatic rings. The van der Waals surface area contributed by atoms with Crippen LogP contribution in [-0.4, -0.2) is 55.4 Å². The zero-order valence-electron chi connectivity index (χ0n) is 23.6. The Labute approximate surface area is 256 Å². The number of nitro groups is 1. The first kappa shape index (κ1) is 34.0. The third-order valence-corrected chi connectivity index (χ3v) is 7.54. The Morgan fingerprint density at radius 2 is 1.80 bits per heavy atom. The van der Waals surface area contributed by atoms with Gasteiger partial charge in [-0.3, -0.25) is 24.7 Å². The van der Waals surface area contributed by atoms with Gasteiger partial charge in [-0.1, -0.05) is 48.9 Å². The van der Waals surface area contributed by atoms with Crippen molar-refractivity contribution in [2.45, 2.75) is 42.0 Å². The van der Waals surface area contributed by atoms with E-state index < -0.39 is 44.1 Å². The number of benzene rings is 2. The van der Waals surface area contributed by atoms with E-state index in [2.05, 4.69) is 21.6 Å².